The molecule has 1 amide bonds. The molecular weight excluding hydrogens is 268 g/mol. The summed E-state index contributed by atoms with van der Waals surface area (Å²) in [6.07, 6.45) is 3.89. The number of ether oxygens (including phenoxy) is 2. The Kier molecular flexibility index (Phi) is 6.50. The van der Waals surface area contributed by atoms with Gasteiger partial charge in [-0.3, -0.25) is 5.43 Å². The number of methoxy groups -OCH3 is 1. The molecule has 21 heavy (non-hydrogen) atoms. The van der Waals surface area contributed by atoms with Gasteiger partial charge >= 0.3 is 6.09 Å². The Morgan fingerprint density at radius 3 is 2.57 bits per heavy atom. The van der Waals surface area contributed by atoms with E-state index in [1.165, 1.54) is 12.7 Å². The van der Waals surface area contributed by atoms with E-state index in [0.717, 1.165) is 32.3 Å². The number of carbonyl (C=O) groups is 1. The molecule has 116 valence electrons. The fourth-order valence-corrected chi connectivity index (χ4v) is 2.60. The first-order valence-corrected chi connectivity index (χ1v) is 7.49. The van der Waals surface area contributed by atoms with Gasteiger partial charge in [-0.05, 0) is 37.2 Å². The monoisotopic (exact) mass is 292 g/mol. The third kappa shape index (κ3) is 5.73. The molecule has 5 nitrogen and oxygen atoms in total. The highest BCUT2D eigenvalue weighted by Crippen LogP contribution is 2.24. The van der Waals surface area contributed by atoms with Crippen LogP contribution >= 0.6 is 0 Å². The van der Waals surface area contributed by atoms with Crippen LogP contribution in [0.3, 0.4) is 0 Å². The van der Waals surface area contributed by atoms with Crippen molar-refractivity contribution in [2.24, 2.45) is 5.92 Å². The molecule has 1 aromatic carbocycles. The molecule has 1 saturated carbocycles. The van der Waals surface area contributed by atoms with E-state index in [4.69, 9.17) is 4.74 Å². The molecule has 2 rings (SSSR count). The van der Waals surface area contributed by atoms with Crippen LogP contribution in [0, 0.1) is 5.92 Å². The van der Waals surface area contributed by atoms with Gasteiger partial charge in [-0.15, -0.1) is 0 Å². The molecule has 5 heteroatoms. The van der Waals surface area contributed by atoms with E-state index >= 15 is 0 Å². The van der Waals surface area contributed by atoms with Crippen molar-refractivity contribution < 1.29 is 14.3 Å². The average Bonchev–Trinajstić information content (AvgIpc) is 2.55. The summed E-state index contributed by atoms with van der Waals surface area (Å²) in [5.74, 6) is 0.616. The SMILES string of the molecule is COC(=O)NNC1CCC(COCc2ccccc2)CC1. The molecule has 2 N–H and O–H groups in total. The lowest BCUT2D eigenvalue weighted by Gasteiger charge is -2.28. The van der Waals surface area contributed by atoms with Crippen molar-refractivity contribution in [3.63, 3.8) is 0 Å². The van der Waals surface area contributed by atoms with Gasteiger partial charge in [0.2, 0.25) is 0 Å². The van der Waals surface area contributed by atoms with Crippen molar-refractivity contribution in [1.29, 1.82) is 0 Å². The third-order valence-electron chi connectivity index (χ3n) is 3.88. The Bertz CT molecular complexity index is 417. The molecule has 0 aromatic heterocycles. The van der Waals surface area contributed by atoms with Crippen LogP contribution in [-0.2, 0) is 16.1 Å². The number of hydrogen-bond acceptors (Lipinski definition) is 4. The van der Waals surface area contributed by atoms with Gasteiger partial charge in [0, 0.05) is 12.6 Å². The minimum absolute atomic E-state index is 0.328. The van der Waals surface area contributed by atoms with Crippen LogP contribution in [0.15, 0.2) is 30.3 Å². The lowest BCUT2D eigenvalue weighted by Crippen LogP contribution is -2.45. The molecule has 0 aliphatic heterocycles. The van der Waals surface area contributed by atoms with Crippen molar-refractivity contribution in [2.45, 2.75) is 38.3 Å². The number of nitrogens with one attached hydrogen (secondary N) is 2. The smallest absolute Gasteiger partial charge is 0.421 e. The maximum atomic E-state index is 11.0. The van der Waals surface area contributed by atoms with Crippen molar-refractivity contribution in [1.82, 2.24) is 10.9 Å². The zero-order chi connectivity index (χ0) is 14.9. The number of amides is 1. The summed E-state index contributed by atoms with van der Waals surface area (Å²) in [6, 6.07) is 10.6. The summed E-state index contributed by atoms with van der Waals surface area (Å²) in [6.45, 7) is 1.49. The van der Waals surface area contributed by atoms with E-state index in [1.807, 2.05) is 18.2 Å². The van der Waals surface area contributed by atoms with Crippen molar-refractivity contribution >= 4 is 6.09 Å². The topological polar surface area (TPSA) is 59.6 Å². The van der Waals surface area contributed by atoms with Crippen molar-refractivity contribution in [3.8, 4) is 0 Å². The quantitative estimate of drug-likeness (QED) is 0.791. The summed E-state index contributed by atoms with van der Waals surface area (Å²) in [4.78, 5) is 11.0. The first kappa shape index (κ1) is 15.8. The first-order chi connectivity index (χ1) is 10.3. The number of rotatable bonds is 6. The van der Waals surface area contributed by atoms with Crippen molar-refractivity contribution in [3.05, 3.63) is 35.9 Å². The molecule has 0 saturated heterocycles. The Hall–Kier alpha value is -1.59. The Morgan fingerprint density at radius 2 is 1.90 bits per heavy atom. The van der Waals surface area contributed by atoms with Gasteiger partial charge in [-0.25, -0.2) is 10.2 Å². The number of hydrogen-bond donors (Lipinski definition) is 2. The second-order valence-corrected chi connectivity index (χ2v) is 5.48. The summed E-state index contributed by atoms with van der Waals surface area (Å²) in [5.41, 5.74) is 6.77. The van der Waals surface area contributed by atoms with E-state index in [-0.39, 0.29) is 0 Å². The number of benzene rings is 1. The summed E-state index contributed by atoms with van der Waals surface area (Å²) >= 11 is 0. The van der Waals surface area contributed by atoms with Crippen LogP contribution in [0.4, 0.5) is 4.79 Å². The van der Waals surface area contributed by atoms with Crippen LogP contribution in [0.1, 0.15) is 31.2 Å². The first-order valence-electron chi connectivity index (χ1n) is 7.49. The molecule has 1 aromatic rings. The van der Waals surface area contributed by atoms with Crippen LogP contribution in [-0.4, -0.2) is 25.9 Å². The minimum atomic E-state index is -0.441. The Labute approximate surface area is 126 Å². The van der Waals surface area contributed by atoms with Gasteiger partial charge in [-0.1, -0.05) is 30.3 Å². The van der Waals surface area contributed by atoms with E-state index in [9.17, 15) is 4.79 Å². The second-order valence-electron chi connectivity index (χ2n) is 5.48. The molecule has 0 unspecified atom stereocenters. The number of hydrazine groups is 1. The Balaban J connectivity index is 1.58. The maximum Gasteiger partial charge on any atom is 0.421 e. The summed E-state index contributed by atoms with van der Waals surface area (Å²) in [5, 5.41) is 0. The predicted molar refractivity (Wildman–Crippen MR) is 80.5 cm³/mol. The number of carbonyl (C=O) groups excluding carboxylic acids is 1. The molecule has 1 aliphatic carbocycles. The van der Waals surface area contributed by atoms with E-state index in [0.29, 0.717) is 18.6 Å². The standard InChI is InChI=1S/C16H24N2O3/c1-20-16(19)18-17-15-9-7-14(8-10-15)12-21-11-13-5-3-2-4-6-13/h2-6,14-15,17H,7-12H2,1H3,(H,18,19). The zero-order valence-corrected chi connectivity index (χ0v) is 12.5. The fraction of sp³-hybridized carbons (Fsp3) is 0.562. The average molecular weight is 292 g/mol. The molecule has 0 heterocycles. The van der Waals surface area contributed by atoms with Gasteiger partial charge in [-0.2, -0.15) is 0 Å². The molecule has 0 atom stereocenters. The van der Waals surface area contributed by atoms with E-state index in [2.05, 4.69) is 27.7 Å². The maximum absolute atomic E-state index is 11.0. The predicted octanol–water partition coefficient (Wildman–Crippen LogP) is 2.62. The zero-order valence-electron chi connectivity index (χ0n) is 12.5. The second kappa shape index (κ2) is 8.64. The normalized spacial score (nSPS) is 21.8. The molecule has 0 radical (unpaired) electrons. The highest BCUT2D eigenvalue weighted by Gasteiger charge is 2.21. The highest BCUT2D eigenvalue weighted by molar-refractivity contribution is 5.66. The third-order valence-corrected chi connectivity index (χ3v) is 3.88. The summed E-state index contributed by atoms with van der Waals surface area (Å²) < 4.78 is 10.3. The van der Waals surface area contributed by atoms with E-state index in [1.54, 1.807) is 0 Å². The van der Waals surface area contributed by atoms with Crippen molar-refractivity contribution in [2.75, 3.05) is 13.7 Å². The highest BCUT2D eigenvalue weighted by atomic mass is 16.5. The largest absolute Gasteiger partial charge is 0.452 e. The summed E-state index contributed by atoms with van der Waals surface area (Å²) in [7, 11) is 1.36. The van der Waals surface area contributed by atoms with Crippen LogP contribution < -0.4 is 10.9 Å². The van der Waals surface area contributed by atoms with Gasteiger partial charge in [0.15, 0.2) is 0 Å². The Morgan fingerprint density at radius 1 is 1.19 bits per heavy atom. The molecule has 0 spiro atoms. The van der Waals surface area contributed by atoms with Crippen LogP contribution in [0.25, 0.3) is 0 Å². The minimum Gasteiger partial charge on any atom is -0.452 e. The molecule has 1 fully saturated rings. The van der Waals surface area contributed by atoms with Crippen LogP contribution in [0.2, 0.25) is 0 Å². The lowest BCUT2D eigenvalue weighted by molar-refractivity contribution is 0.0688. The van der Waals surface area contributed by atoms with Gasteiger partial charge in [0.25, 0.3) is 0 Å². The molecule has 0 bridgehead atoms. The molecular formula is C16H24N2O3. The van der Waals surface area contributed by atoms with Gasteiger partial charge in [0.05, 0.1) is 13.7 Å². The fourth-order valence-electron chi connectivity index (χ4n) is 2.60. The van der Waals surface area contributed by atoms with Gasteiger partial charge < -0.3 is 9.47 Å². The van der Waals surface area contributed by atoms with E-state index < -0.39 is 6.09 Å². The lowest BCUT2D eigenvalue weighted by atomic mass is 9.87. The molecule has 1 aliphatic rings. The van der Waals surface area contributed by atoms with Crippen LogP contribution in [0.5, 0.6) is 0 Å². The van der Waals surface area contributed by atoms with Gasteiger partial charge in [0.1, 0.15) is 0 Å².